The van der Waals surface area contributed by atoms with Crippen molar-refractivity contribution in [1.82, 2.24) is 0 Å². The number of anilines is 2. The number of esters is 1. The first-order chi connectivity index (χ1) is 15.0. The summed E-state index contributed by atoms with van der Waals surface area (Å²) < 4.78 is 4.91. The maximum atomic E-state index is 12.9. The lowest BCUT2D eigenvalue weighted by Gasteiger charge is -2.22. The van der Waals surface area contributed by atoms with Gasteiger partial charge in [-0.1, -0.05) is 12.8 Å². The molecule has 0 radical (unpaired) electrons. The molecule has 1 fully saturated rings. The lowest BCUT2D eigenvalue weighted by molar-refractivity contribution is -0.384. The van der Waals surface area contributed by atoms with E-state index in [0.29, 0.717) is 16.3 Å². The molecule has 1 saturated heterocycles. The normalized spacial score (nSPS) is 15.8. The second kappa shape index (κ2) is 9.05. The Labute approximate surface area is 184 Å². The highest BCUT2D eigenvalue weighted by Crippen LogP contribution is 2.40. The van der Waals surface area contributed by atoms with Gasteiger partial charge in [0.25, 0.3) is 11.6 Å². The quantitative estimate of drug-likeness (QED) is 0.413. The van der Waals surface area contributed by atoms with Gasteiger partial charge in [-0.15, -0.1) is 11.3 Å². The van der Waals surface area contributed by atoms with Gasteiger partial charge in [-0.3, -0.25) is 14.9 Å². The minimum atomic E-state index is -0.476. The van der Waals surface area contributed by atoms with Gasteiger partial charge in [-0.25, -0.2) is 4.79 Å². The number of aryl methyl sites for hydroxylation is 1. The molecule has 2 aliphatic rings. The van der Waals surface area contributed by atoms with Gasteiger partial charge in [-0.2, -0.15) is 0 Å². The van der Waals surface area contributed by atoms with Gasteiger partial charge < -0.3 is 15.0 Å². The van der Waals surface area contributed by atoms with E-state index in [9.17, 15) is 19.7 Å². The number of carbonyl (C=O) groups excluding carboxylic acids is 2. The second-order valence-corrected chi connectivity index (χ2v) is 8.97. The molecule has 2 heterocycles. The van der Waals surface area contributed by atoms with Gasteiger partial charge in [-0.05, 0) is 49.8 Å². The fraction of sp³-hybridized carbons (Fsp3) is 0.455. The Kier molecular flexibility index (Phi) is 6.22. The van der Waals surface area contributed by atoms with Gasteiger partial charge >= 0.3 is 5.97 Å². The number of ether oxygens (including phenoxy) is 1. The molecule has 0 spiro atoms. The molecule has 0 saturated carbocycles. The number of amides is 1. The molecule has 0 atom stereocenters. The number of nitro groups is 1. The second-order valence-electron chi connectivity index (χ2n) is 7.87. The van der Waals surface area contributed by atoms with E-state index in [2.05, 4.69) is 5.32 Å². The maximum absolute atomic E-state index is 12.9. The van der Waals surface area contributed by atoms with Crippen molar-refractivity contribution in [3.63, 3.8) is 0 Å². The third-order valence-corrected chi connectivity index (χ3v) is 7.13. The summed E-state index contributed by atoms with van der Waals surface area (Å²) in [5.74, 6) is -0.951. The highest BCUT2D eigenvalue weighted by molar-refractivity contribution is 7.17. The Hall–Kier alpha value is -2.94. The first kappa shape index (κ1) is 21.3. The fourth-order valence-corrected chi connectivity index (χ4v) is 5.65. The van der Waals surface area contributed by atoms with Crippen LogP contribution >= 0.6 is 11.3 Å². The smallest absolute Gasteiger partial charge is 0.341 e. The van der Waals surface area contributed by atoms with E-state index in [1.165, 1.54) is 24.5 Å². The molecule has 1 aromatic heterocycles. The van der Waals surface area contributed by atoms with Crippen LogP contribution in [-0.2, 0) is 17.6 Å². The summed E-state index contributed by atoms with van der Waals surface area (Å²) in [4.78, 5) is 39.7. The van der Waals surface area contributed by atoms with E-state index in [-0.39, 0.29) is 11.3 Å². The van der Waals surface area contributed by atoms with Gasteiger partial charge in [0.15, 0.2) is 0 Å². The van der Waals surface area contributed by atoms with Crippen molar-refractivity contribution in [2.24, 2.45) is 0 Å². The highest BCUT2D eigenvalue weighted by Gasteiger charge is 2.29. The summed E-state index contributed by atoms with van der Waals surface area (Å²) in [5.41, 5.74) is 2.01. The van der Waals surface area contributed by atoms with Crippen molar-refractivity contribution in [3.8, 4) is 0 Å². The standard InChI is InChI=1S/C22H25N3O5S/c1-30-22(27)19-15-7-6-8-18(15)31-21(19)23-20(26)14-9-10-16(17(13-14)25(28)29)24-11-4-2-3-5-12-24/h9-10,13H,2-8,11-12H2,1H3,(H,23,26). The van der Waals surface area contributed by atoms with Crippen LogP contribution in [0, 0.1) is 10.1 Å². The zero-order valence-corrected chi connectivity index (χ0v) is 18.3. The minimum absolute atomic E-state index is 0.0728. The van der Waals surface area contributed by atoms with E-state index < -0.39 is 16.8 Å². The number of nitrogens with one attached hydrogen (secondary N) is 1. The number of hydrogen-bond donors (Lipinski definition) is 1. The zero-order valence-electron chi connectivity index (χ0n) is 17.4. The van der Waals surface area contributed by atoms with Crippen molar-refractivity contribution >= 4 is 39.6 Å². The third kappa shape index (κ3) is 4.27. The van der Waals surface area contributed by atoms with Crippen LogP contribution in [0.15, 0.2) is 18.2 Å². The lowest BCUT2D eigenvalue weighted by atomic mass is 10.1. The first-order valence-electron chi connectivity index (χ1n) is 10.6. The number of nitrogens with zero attached hydrogens (tertiary/aromatic N) is 2. The Morgan fingerprint density at radius 1 is 1.13 bits per heavy atom. The summed E-state index contributed by atoms with van der Waals surface area (Å²) in [5, 5.41) is 15.0. The lowest BCUT2D eigenvalue weighted by Crippen LogP contribution is -2.25. The predicted molar refractivity (Wildman–Crippen MR) is 119 cm³/mol. The topological polar surface area (TPSA) is 102 Å². The molecule has 1 aromatic carbocycles. The molecular formula is C22H25N3O5S. The largest absolute Gasteiger partial charge is 0.465 e. The monoisotopic (exact) mass is 443 g/mol. The van der Waals surface area contributed by atoms with Gasteiger partial charge in [0.2, 0.25) is 0 Å². The first-order valence-corrected chi connectivity index (χ1v) is 11.4. The fourth-order valence-electron chi connectivity index (χ4n) is 4.38. The van der Waals surface area contributed by atoms with Crippen molar-refractivity contribution < 1.29 is 19.2 Å². The van der Waals surface area contributed by atoms with Crippen molar-refractivity contribution in [2.75, 3.05) is 30.4 Å². The molecule has 31 heavy (non-hydrogen) atoms. The number of hydrogen-bond acceptors (Lipinski definition) is 7. The molecule has 8 nitrogen and oxygen atoms in total. The number of nitro benzene ring substituents is 1. The molecule has 0 unspecified atom stereocenters. The minimum Gasteiger partial charge on any atom is -0.465 e. The Balaban J connectivity index is 1.62. The number of benzene rings is 1. The Morgan fingerprint density at radius 3 is 2.55 bits per heavy atom. The van der Waals surface area contributed by atoms with Crippen molar-refractivity contribution in [3.05, 3.63) is 49.9 Å². The number of methoxy groups -OCH3 is 1. The summed E-state index contributed by atoms with van der Waals surface area (Å²) in [7, 11) is 1.32. The van der Waals surface area contributed by atoms with Crippen LogP contribution in [0.3, 0.4) is 0 Å². The van der Waals surface area contributed by atoms with Crippen molar-refractivity contribution in [1.29, 1.82) is 0 Å². The summed E-state index contributed by atoms with van der Waals surface area (Å²) in [6, 6.07) is 4.60. The highest BCUT2D eigenvalue weighted by atomic mass is 32.1. The molecule has 0 bridgehead atoms. The average molecular weight is 444 g/mol. The zero-order chi connectivity index (χ0) is 22.0. The Morgan fingerprint density at radius 2 is 1.87 bits per heavy atom. The molecule has 1 N–H and O–H groups in total. The predicted octanol–water partition coefficient (Wildman–Crippen LogP) is 4.56. The summed E-state index contributed by atoms with van der Waals surface area (Å²) in [6.07, 6.45) is 6.87. The number of rotatable bonds is 5. The molecule has 1 aliphatic heterocycles. The SMILES string of the molecule is COC(=O)c1c(NC(=O)c2ccc(N3CCCCCC3)c([N+](=O)[O-])c2)sc2c1CCC2. The van der Waals surface area contributed by atoms with Crippen molar-refractivity contribution in [2.45, 2.75) is 44.9 Å². The van der Waals surface area contributed by atoms with E-state index >= 15 is 0 Å². The third-order valence-electron chi connectivity index (χ3n) is 5.92. The molecule has 9 heteroatoms. The molecule has 164 valence electrons. The molecule has 1 aliphatic carbocycles. The maximum Gasteiger partial charge on any atom is 0.341 e. The van der Waals surface area contributed by atoms with E-state index in [0.717, 1.165) is 68.5 Å². The summed E-state index contributed by atoms with van der Waals surface area (Å²) >= 11 is 1.38. The van der Waals surface area contributed by atoms with Gasteiger partial charge in [0.05, 0.1) is 17.6 Å². The number of carbonyl (C=O) groups is 2. The van der Waals surface area contributed by atoms with Crippen LogP contribution < -0.4 is 10.2 Å². The van der Waals surface area contributed by atoms with Crippen LogP contribution in [0.5, 0.6) is 0 Å². The molecular weight excluding hydrogens is 418 g/mol. The van der Waals surface area contributed by atoms with Crippen LogP contribution in [0.2, 0.25) is 0 Å². The van der Waals surface area contributed by atoms with E-state index in [4.69, 9.17) is 4.74 Å². The van der Waals surface area contributed by atoms with Gasteiger partial charge in [0.1, 0.15) is 10.7 Å². The molecule has 2 aromatic rings. The molecule has 1 amide bonds. The van der Waals surface area contributed by atoms with Crippen LogP contribution in [-0.4, -0.2) is 37.0 Å². The molecule has 4 rings (SSSR count). The average Bonchev–Trinajstić information content (AvgIpc) is 3.22. The number of fused-ring (bicyclic) bond motifs is 1. The number of thiophene rings is 1. The summed E-state index contributed by atoms with van der Waals surface area (Å²) in [6.45, 7) is 1.55. The van der Waals surface area contributed by atoms with E-state index in [1.54, 1.807) is 12.1 Å². The van der Waals surface area contributed by atoms with Gasteiger partial charge in [0, 0.05) is 29.6 Å². The van der Waals surface area contributed by atoms with Crippen LogP contribution in [0.1, 0.15) is 63.3 Å². The Bertz CT molecular complexity index is 1020. The van der Waals surface area contributed by atoms with Crippen LogP contribution in [0.25, 0.3) is 0 Å². The van der Waals surface area contributed by atoms with E-state index in [1.807, 2.05) is 4.90 Å². The van der Waals surface area contributed by atoms with Crippen LogP contribution in [0.4, 0.5) is 16.4 Å².